The summed E-state index contributed by atoms with van der Waals surface area (Å²) >= 11 is 0. The molecular weight excluding hydrogens is 352 g/mol. The number of fused-ring (bicyclic) bond motifs is 1. The molecule has 142 valence electrons. The molecule has 0 aromatic carbocycles. The standard InChI is InChI=1S/C17H20N6O4/c1-21-15-14(16(25)22(2)17(21)26)23(10-19-15)8-4-5-12(24)20-11-6-7-13(27-3)18-9-11/h6-7,9-10H,4-5,8H2,1-3H3,(H,20,24). The Kier molecular flexibility index (Phi) is 5.06. The van der Waals surface area contributed by atoms with Gasteiger partial charge >= 0.3 is 5.69 Å². The second-order valence-electron chi connectivity index (χ2n) is 6.06. The van der Waals surface area contributed by atoms with Crippen molar-refractivity contribution in [2.24, 2.45) is 14.1 Å². The highest BCUT2D eigenvalue weighted by Gasteiger charge is 2.14. The third-order valence-corrected chi connectivity index (χ3v) is 4.25. The molecule has 0 radical (unpaired) electrons. The molecule has 1 amide bonds. The van der Waals surface area contributed by atoms with Crippen LogP contribution in [0.5, 0.6) is 5.88 Å². The van der Waals surface area contributed by atoms with Gasteiger partial charge in [0.1, 0.15) is 0 Å². The molecule has 0 bridgehead atoms. The molecule has 0 unspecified atom stereocenters. The SMILES string of the molecule is COc1ccc(NC(=O)CCCn2cnc3c2c(=O)n(C)c(=O)n3C)cn1. The summed E-state index contributed by atoms with van der Waals surface area (Å²) in [4.78, 5) is 44.6. The molecule has 0 aliphatic rings. The Hall–Kier alpha value is -3.43. The summed E-state index contributed by atoms with van der Waals surface area (Å²) in [6, 6.07) is 3.37. The van der Waals surface area contributed by atoms with E-state index in [4.69, 9.17) is 4.74 Å². The van der Waals surface area contributed by atoms with Crippen LogP contribution in [0, 0.1) is 0 Å². The number of pyridine rings is 1. The van der Waals surface area contributed by atoms with Crippen molar-refractivity contribution in [2.45, 2.75) is 19.4 Å². The number of aryl methyl sites for hydroxylation is 2. The molecule has 0 aliphatic heterocycles. The van der Waals surface area contributed by atoms with Crippen LogP contribution in [0.3, 0.4) is 0 Å². The van der Waals surface area contributed by atoms with E-state index in [1.807, 2.05) is 0 Å². The molecule has 10 heteroatoms. The van der Waals surface area contributed by atoms with Gasteiger partial charge in [-0.2, -0.15) is 0 Å². The van der Waals surface area contributed by atoms with Crippen LogP contribution < -0.4 is 21.3 Å². The van der Waals surface area contributed by atoms with Gasteiger partial charge in [0.25, 0.3) is 5.56 Å². The molecule has 0 spiro atoms. The van der Waals surface area contributed by atoms with Crippen molar-refractivity contribution in [3.63, 3.8) is 0 Å². The zero-order valence-electron chi connectivity index (χ0n) is 15.3. The predicted molar refractivity (Wildman–Crippen MR) is 98.9 cm³/mol. The van der Waals surface area contributed by atoms with Crippen LogP contribution in [-0.2, 0) is 25.4 Å². The molecule has 3 rings (SSSR count). The summed E-state index contributed by atoms with van der Waals surface area (Å²) in [6.45, 7) is 0.429. The van der Waals surface area contributed by atoms with Crippen molar-refractivity contribution in [2.75, 3.05) is 12.4 Å². The van der Waals surface area contributed by atoms with Crippen LogP contribution >= 0.6 is 0 Å². The average molecular weight is 372 g/mol. The number of carbonyl (C=O) groups is 1. The lowest BCUT2D eigenvalue weighted by atomic mass is 10.3. The molecule has 0 saturated heterocycles. The van der Waals surface area contributed by atoms with Crippen molar-refractivity contribution in [3.8, 4) is 5.88 Å². The van der Waals surface area contributed by atoms with Gasteiger partial charge in [-0.3, -0.25) is 18.7 Å². The first-order valence-corrected chi connectivity index (χ1v) is 8.33. The van der Waals surface area contributed by atoms with Gasteiger partial charge in [0.15, 0.2) is 11.2 Å². The molecular formula is C17H20N6O4. The first-order valence-electron chi connectivity index (χ1n) is 8.33. The monoisotopic (exact) mass is 372 g/mol. The molecule has 0 saturated carbocycles. The van der Waals surface area contributed by atoms with E-state index in [1.165, 1.54) is 31.2 Å². The summed E-state index contributed by atoms with van der Waals surface area (Å²) in [5.41, 5.74) is 0.429. The summed E-state index contributed by atoms with van der Waals surface area (Å²) < 4.78 is 9.01. The maximum absolute atomic E-state index is 12.4. The molecule has 3 aromatic rings. The quantitative estimate of drug-likeness (QED) is 0.664. The van der Waals surface area contributed by atoms with Gasteiger partial charge in [-0.05, 0) is 12.5 Å². The van der Waals surface area contributed by atoms with E-state index >= 15 is 0 Å². The zero-order valence-corrected chi connectivity index (χ0v) is 15.3. The normalized spacial score (nSPS) is 10.9. The number of aromatic nitrogens is 5. The van der Waals surface area contributed by atoms with E-state index in [-0.39, 0.29) is 12.3 Å². The highest BCUT2D eigenvalue weighted by Crippen LogP contribution is 2.12. The maximum atomic E-state index is 12.4. The molecule has 1 N–H and O–H groups in total. The number of nitrogens with one attached hydrogen (secondary N) is 1. The number of methoxy groups -OCH3 is 1. The molecule has 0 aliphatic carbocycles. The third-order valence-electron chi connectivity index (χ3n) is 4.25. The minimum absolute atomic E-state index is 0.160. The Labute approximate surface area is 154 Å². The average Bonchev–Trinajstić information content (AvgIpc) is 3.09. The zero-order chi connectivity index (χ0) is 19.6. The number of carbonyl (C=O) groups excluding carboxylic acids is 1. The lowest BCUT2D eigenvalue weighted by Gasteiger charge is -2.07. The minimum Gasteiger partial charge on any atom is -0.481 e. The maximum Gasteiger partial charge on any atom is 0.332 e. The van der Waals surface area contributed by atoms with Gasteiger partial charge < -0.3 is 14.6 Å². The van der Waals surface area contributed by atoms with Crippen LogP contribution in [0.1, 0.15) is 12.8 Å². The van der Waals surface area contributed by atoms with E-state index in [0.29, 0.717) is 35.7 Å². The van der Waals surface area contributed by atoms with Gasteiger partial charge in [0.05, 0.1) is 25.3 Å². The first-order chi connectivity index (χ1) is 12.9. The van der Waals surface area contributed by atoms with Crippen LogP contribution in [-0.4, -0.2) is 36.7 Å². The Morgan fingerprint density at radius 2 is 1.96 bits per heavy atom. The van der Waals surface area contributed by atoms with Crippen molar-refractivity contribution < 1.29 is 9.53 Å². The number of hydrogen-bond acceptors (Lipinski definition) is 6. The molecule has 3 heterocycles. The second kappa shape index (κ2) is 7.44. The topological polar surface area (TPSA) is 113 Å². The van der Waals surface area contributed by atoms with Crippen LogP contribution in [0.25, 0.3) is 11.2 Å². The summed E-state index contributed by atoms with van der Waals surface area (Å²) in [7, 11) is 4.52. The van der Waals surface area contributed by atoms with Crippen LogP contribution in [0.15, 0.2) is 34.2 Å². The largest absolute Gasteiger partial charge is 0.481 e. The summed E-state index contributed by atoms with van der Waals surface area (Å²) in [5, 5.41) is 2.75. The van der Waals surface area contributed by atoms with Gasteiger partial charge in [-0.15, -0.1) is 0 Å². The third kappa shape index (κ3) is 3.59. The molecule has 0 fully saturated rings. The molecule has 27 heavy (non-hydrogen) atoms. The molecule has 10 nitrogen and oxygen atoms in total. The lowest BCUT2D eigenvalue weighted by molar-refractivity contribution is -0.116. The molecule has 0 atom stereocenters. The van der Waals surface area contributed by atoms with E-state index in [2.05, 4.69) is 15.3 Å². The number of anilines is 1. The Balaban J connectivity index is 1.66. The van der Waals surface area contributed by atoms with Gasteiger partial charge in [0, 0.05) is 33.1 Å². The van der Waals surface area contributed by atoms with Crippen LogP contribution in [0.2, 0.25) is 0 Å². The number of ether oxygens (including phenoxy) is 1. The van der Waals surface area contributed by atoms with Crippen molar-refractivity contribution >= 4 is 22.8 Å². The van der Waals surface area contributed by atoms with Crippen molar-refractivity contribution in [3.05, 3.63) is 45.5 Å². The van der Waals surface area contributed by atoms with Crippen LogP contribution in [0.4, 0.5) is 5.69 Å². The summed E-state index contributed by atoms with van der Waals surface area (Å²) in [6.07, 6.45) is 3.80. The predicted octanol–water partition coefficient (Wildman–Crippen LogP) is 0.256. The number of amides is 1. The van der Waals surface area contributed by atoms with E-state index in [9.17, 15) is 14.4 Å². The van der Waals surface area contributed by atoms with E-state index in [0.717, 1.165) is 4.57 Å². The fourth-order valence-corrected chi connectivity index (χ4v) is 2.77. The van der Waals surface area contributed by atoms with Gasteiger partial charge in [-0.1, -0.05) is 0 Å². The van der Waals surface area contributed by atoms with E-state index < -0.39 is 11.2 Å². The van der Waals surface area contributed by atoms with Crippen molar-refractivity contribution in [1.82, 2.24) is 23.7 Å². The molecule has 3 aromatic heterocycles. The second-order valence-corrected chi connectivity index (χ2v) is 6.06. The Bertz CT molecular complexity index is 1090. The highest BCUT2D eigenvalue weighted by molar-refractivity contribution is 5.90. The van der Waals surface area contributed by atoms with Crippen molar-refractivity contribution in [1.29, 1.82) is 0 Å². The number of rotatable bonds is 6. The number of imidazole rings is 1. The Morgan fingerprint density at radius 1 is 1.19 bits per heavy atom. The Morgan fingerprint density at radius 3 is 2.63 bits per heavy atom. The number of hydrogen-bond donors (Lipinski definition) is 1. The smallest absolute Gasteiger partial charge is 0.332 e. The fourth-order valence-electron chi connectivity index (χ4n) is 2.77. The van der Waals surface area contributed by atoms with Gasteiger partial charge in [0.2, 0.25) is 11.8 Å². The van der Waals surface area contributed by atoms with Gasteiger partial charge in [-0.25, -0.2) is 14.8 Å². The highest BCUT2D eigenvalue weighted by atomic mass is 16.5. The fraction of sp³-hybridized carbons (Fsp3) is 0.353. The number of nitrogens with zero attached hydrogens (tertiary/aromatic N) is 5. The summed E-state index contributed by atoms with van der Waals surface area (Å²) in [5.74, 6) is 0.308. The lowest BCUT2D eigenvalue weighted by Crippen LogP contribution is -2.37. The minimum atomic E-state index is -0.426. The van der Waals surface area contributed by atoms with E-state index in [1.54, 1.807) is 23.7 Å². The first kappa shape index (κ1) is 18.4.